The molecule has 6 heteroatoms. The first-order chi connectivity index (χ1) is 9.58. The summed E-state index contributed by atoms with van der Waals surface area (Å²) in [6.07, 6.45) is 1.95. The largest absolute Gasteiger partial charge is 0.353 e. The Hall–Kier alpha value is -1.17. The molecule has 0 saturated carbocycles. The quantitative estimate of drug-likeness (QED) is 0.869. The monoisotopic (exact) mass is 315 g/mol. The van der Waals surface area contributed by atoms with Gasteiger partial charge in [-0.3, -0.25) is 4.79 Å². The zero-order valence-electron chi connectivity index (χ0n) is 12.4. The normalized spacial score (nSPS) is 19.1. The molecule has 2 N–H and O–H groups in total. The number of carbonyl (C=O) groups excluding carboxylic acids is 1. The van der Waals surface area contributed by atoms with Gasteiger partial charge in [0.15, 0.2) is 0 Å². The third-order valence-corrected chi connectivity index (χ3v) is 3.72. The molecule has 1 aromatic rings. The van der Waals surface area contributed by atoms with Crippen molar-refractivity contribution in [3.8, 4) is 0 Å². The molecule has 2 unspecified atom stereocenters. The number of nitrogens with one attached hydrogen (secondary N) is 2. The van der Waals surface area contributed by atoms with Crippen molar-refractivity contribution >= 4 is 18.3 Å². The Morgan fingerprint density at radius 2 is 2.10 bits per heavy atom. The lowest BCUT2D eigenvalue weighted by Gasteiger charge is -2.25. The second-order valence-electron chi connectivity index (χ2n) is 5.43. The number of hydrogen-bond donors (Lipinski definition) is 2. The highest BCUT2D eigenvalue weighted by molar-refractivity contribution is 5.85. The van der Waals surface area contributed by atoms with Gasteiger partial charge in [0.2, 0.25) is 5.91 Å². The van der Waals surface area contributed by atoms with Crippen molar-refractivity contribution < 1.29 is 9.18 Å². The summed E-state index contributed by atoms with van der Waals surface area (Å²) < 4.78 is 13.0. The van der Waals surface area contributed by atoms with E-state index in [0.29, 0.717) is 6.54 Å². The molecule has 2 atom stereocenters. The fourth-order valence-corrected chi connectivity index (χ4v) is 2.51. The van der Waals surface area contributed by atoms with Crippen LogP contribution in [-0.4, -0.2) is 44.0 Å². The Balaban J connectivity index is 0.00000220. The standard InChI is InChI=1S/C15H22FN3O.ClH/c1-19(2)14(11-5-7-12(16)8-6-11)10-18-15(20)13-4-3-9-17-13;/h5-8,13-14,17H,3-4,9-10H2,1-2H3,(H,18,20);1H. The van der Waals surface area contributed by atoms with Gasteiger partial charge in [0.05, 0.1) is 12.1 Å². The summed E-state index contributed by atoms with van der Waals surface area (Å²) in [6, 6.07) is 6.41. The third-order valence-electron chi connectivity index (χ3n) is 3.72. The summed E-state index contributed by atoms with van der Waals surface area (Å²) in [5, 5.41) is 6.16. The number of hydrogen-bond acceptors (Lipinski definition) is 3. The van der Waals surface area contributed by atoms with Crippen LogP contribution in [0.4, 0.5) is 4.39 Å². The summed E-state index contributed by atoms with van der Waals surface area (Å²) in [6.45, 7) is 1.43. The van der Waals surface area contributed by atoms with E-state index in [9.17, 15) is 9.18 Å². The molecule has 1 fully saturated rings. The molecule has 0 aliphatic carbocycles. The van der Waals surface area contributed by atoms with Gasteiger partial charge >= 0.3 is 0 Å². The molecule has 1 heterocycles. The van der Waals surface area contributed by atoms with E-state index in [4.69, 9.17) is 0 Å². The van der Waals surface area contributed by atoms with Crippen molar-refractivity contribution in [1.82, 2.24) is 15.5 Å². The molecule has 1 amide bonds. The van der Waals surface area contributed by atoms with Crippen molar-refractivity contribution in [2.75, 3.05) is 27.2 Å². The van der Waals surface area contributed by atoms with Crippen LogP contribution < -0.4 is 10.6 Å². The van der Waals surface area contributed by atoms with Gasteiger partial charge in [-0.25, -0.2) is 4.39 Å². The zero-order chi connectivity index (χ0) is 14.5. The predicted octanol–water partition coefficient (Wildman–Crippen LogP) is 1.72. The van der Waals surface area contributed by atoms with E-state index in [1.807, 2.05) is 19.0 Å². The van der Waals surface area contributed by atoms with E-state index in [0.717, 1.165) is 24.9 Å². The van der Waals surface area contributed by atoms with Gasteiger partial charge in [0.25, 0.3) is 0 Å². The average Bonchev–Trinajstić information content (AvgIpc) is 2.94. The first-order valence-electron chi connectivity index (χ1n) is 7.01. The van der Waals surface area contributed by atoms with E-state index in [2.05, 4.69) is 10.6 Å². The van der Waals surface area contributed by atoms with Crippen LogP contribution in [0.3, 0.4) is 0 Å². The van der Waals surface area contributed by atoms with Crippen LogP contribution >= 0.6 is 12.4 Å². The van der Waals surface area contributed by atoms with Crippen molar-refractivity contribution in [1.29, 1.82) is 0 Å². The molecule has 0 bridgehead atoms. The summed E-state index contributed by atoms with van der Waals surface area (Å²) in [5.41, 5.74) is 0.996. The second kappa shape index (κ2) is 8.32. The number of amides is 1. The fourth-order valence-electron chi connectivity index (χ4n) is 2.51. The molecule has 0 spiro atoms. The average molecular weight is 316 g/mol. The maximum Gasteiger partial charge on any atom is 0.237 e. The Morgan fingerprint density at radius 1 is 1.43 bits per heavy atom. The van der Waals surface area contributed by atoms with Gasteiger partial charge in [-0.1, -0.05) is 12.1 Å². The van der Waals surface area contributed by atoms with Gasteiger partial charge in [-0.2, -0.15) is 0 Å². The summed E-state index contributed by atoms with van der Waals surface area (Å²) in [5.74, 6) is -0.193. The molecule has 2 rings (SSSR count). The topological polar surface area (TPSA) is 44.4 Å². The van der Waals surface area contributed by atoms with E-state index < -0.39 is 0 Å². The minimum absolute atomic E-state index is 0. The number of halogens is 2. The maximum atomic E-state index is 13.0. The van der Waals surface area contributed by atoms with Crippen LogP contribution in [0.1, 0.15) is 24.4 Å². The molecular weight excluding hydrogens is 293 g/mol. The summed E-state index contributed by atoms with van der Waals surface area (Å²) in [4.78, 5) is 14.0. The number of rotatable bonds is 5. The molecular formula is C15H23ClFN3O. The highest BCUT2D eigenvalue weighted by Crippen LogP contribution is 2.18. The van der Waals surface area contributed by atoms with Gasteiger partial charge in [-0.15, -0.1) is 12.4 Å². The molecule has 118 valence electrons. The second-order valence-corrected chi connectivity index (χ2v) is 5.43. The van der Waals surface area contributed by atoms with Crippen LogP contribution in [0.25, 0.3) is 0 Å². The van der Waals surface area contributed by atoms with Gasteiger partial charge in [0, 0.05) is 6.54 Å². The van der Waals surface area contributed by atoms with Crippen LogP contribution in [0.2, 0.25) is 0 Å². The van der Waals surface area contributed by atoms with Crippen molar-refractivity contribution in [2.24, 2.45) is 0 Å². The van der Waals surface area contributed by atoms with Crippen LogP contribution in [-0.2, 0) is 4.79 Å². The molecule has 4 nitrogen and oxygen atoms in total. The highest BCUT2D eigenvalue weighted by Gasteiger charge is 2.23. The Labute approximate surface area is 131 Å². The van der Waals surface area contributed by atoms with Crippen LogP contribution in [0.5, 0.6) is 0 Å². The predicted molar refractivity (Wildman–Crippen MR) is 84.1 cm³/mol. The molecule has 1 aromatic carbocycles. The maximum absolute atomic E-state index is 13.0. The smallest absolute Gasteiger partial charge is 0.237 e. The lowest BCUT2D eigenvalue weighted by molar-refractivity contribution is -0.123. The first kappa shape index (κ1) is 17.9. The lowest BCUT2D eigenvalue weighted by Crippen LogP contribution is -2.43. The number of likely N-dealkylation sites (N-methyl/N-ethyl adjacent to an activating group) is 1. The van der Waals surface area contributed by atoms with Crippen molar-refractivity contribution in [3.63, 3.8) is 0 Å². The van der Waals surface area contributed by atoms with Gasteiger partial charge < -0.3 is 15.5 Å². The molecule has 0 aromatic heterocycles. The Bertz CT molecular complexity index is 447. The summed E-state index contributed by atoms with van der Waals surface area (Å²) >= 11 is 0. The van der Waals surface area contributed by atoms with Gasteiger partial charge in [-0.05, 0) is 51.2 Å². The Kier molecular flexibility index (Phi) is 7.08. The van der Waals surface area contributed by atoms with E-state index >= 15 is 0 Å². The first-order valence-corrected chi connectivity index (χ1v) is 7.01. The van der Waals surface area contributed by atoms with Crippen LogP contribution in [0.15, 0.2) is 24.3 Å². The van der Waals surface area contributed by atoms with E-state index in [-0.39, 0.29) is 36.2 Å². The molecule has 21 heavy (non-hydrogen) atoms. The lowest BCUT2D eigenvalue weighted by atomic mass is 10.1. The van der Waals surface area contributed by atoms with E-state index in [1.165, 1.54) is 12.1 Å². The zero-order valence-corrected chi connectivity index (χ0v) is 13.3. The molecule has 1 saturated heterocycles. The number of carbonyl (C=O) groups is 1. The minimum Gasteiger partial charge on any atom is -0.353 e. The van der Waals surface area contributed by atoms with Crippen molar-refractivity contribution in [3.05, 3.63) is 35.6 Å². The third kappa shape index (κ3) is 4.95. The molecule has 1 aliphatic rings. The SMILES string of the molecule is CN(C)C(CNC(=O)C1CCCN1)c1ccc(F)cc1.Cl. The Morgan fingerprint density at radius 3 is 2.62 bits per heavy atom. The molecule has 0 radical (unpaired) electrons. The van der Waals surface area contributed by atoms with Gasteiger partial charge in [0.1, 0.15) is 5.82 Å². The minimum atomic E-state index is -0.245. The fraction of sp³-hybridized carbons (Fsp3) is 0.533. The number of benzene rings is 1. The highest BCUT2D eigenvalue weighted by atomic mass is 35.5. The van der Waals surface area contributed by atoms with Crippen LogP contribution in [0, 0.1) is 5.82 Å². The molecule has 1 aliphatic heterocycles. The number of nitrogens with zero attached hydrogens (tertiary/aromatic N) is 1. The van der Waals surface area contributed by atoms with E-state index in [1.54, 1.807) is 12.1 Å². The summed E-state index contributed by atoms with van der Waals surface area (Å²) in [7, 11) is 3.90. The van der Waals surface area contributed by atoms with Crippen molar-refractivity contribution in [2.45, 2.75) is 24.9 Å².